The van der Waals surface area contributed by atoms with Crippen molar-refractivity contribution in [3.05, 3.63) is 64.9 Å². The topological polar surface area (TPSA) is 88.9 Å². The standard InChI is InChI=1S/C18H16ClN5O2/c1-12(26)20-10-13-8-17(21-15-4-2-14(19)3-5-15)22-18(9-13)24-7-6-16(11-25)23-24/h2-9,11H,10H2,1H3,(H,20,26)(H,21,22). The van der Waals surface area contributed by atoms with Gasteiger partial charge in [-0.15, -0.1) is 0 Å². The summed E-state index contributed by atoms with van der Waals surface area (Å²) in [4.78, 5) is 26.6. The van der Waals surface area contributed by atoms with Gasteiger partial charge in [0.2, 0.25) is 5.91 Å². The Labute approximate surface area is 155 Å². The highest BCUT2D eigenvalue weighted by Gasteiger charge is 2.08. The van der Waals surface area contributed by atoms with Crippen molar-refractivity contribution in [2.45, 2.75) is 13.5 Å². The second-order valence-electron chi connectivity index (χ2n) is 5.56. The zero-order valence-corrected chi connectivity index (χ0v) is 14.7. The number of amides is 1. The number of nitrogens with zero attached hydrogens (tertiary/aromatic N) is 3. The molecular formula is C18H16ClN5O2. The van der Waals surface area contributed by atoms with Crippen LogP contribution in [0, 0.1) is 0 Å². The van der Waals surface area contributed by atoms with Crippen LogP contribution in [0.5, 0.6) is 0 Å². The molecular weight excluding hydrogens is 354 g/mol. The van der Waals surface area contributed by atoms with Gasteiger partial charge in [-0.3, -0.25) is 9.59 Å². The third kappa shape index (κ3) is 4.46. The van der Waals surface area contributed by atoms with Gasteiger partial charge in [0.1, 0.15) is 11.5 Å². The monoisotopic (exact) mass is 369 g/mol. The van der Waals surface area contributed by atoms with Gasteiger partial charge in [-0.25, -0.2) is 9.67 Å². The minimum absolute atomic E-state index is 0.127. The number of nitrogens with one attached hydrogen (secondary N) is 2. The Bertz CT molecular complexity index is 937. The van der Waals surface area contributed by atoms with Crippen molar-refractivity contribution in [1.29, 1.82) is 0 Å². The lowest BCUT2D eigenvalue weighted by Gasteiger charge is -2.11. The number of aromatic nitrogens is 3. The highest BCUT2D eigenvalue weighted by molar-refractivity contribution is 6.30. The highest BCUT2D eigenvalue weighted by atomic mass is 35.5. The largest absolute Gasteiger partial charge is 0.352 e. The van der Waals surface area contributed by atoms with Crippen LogP contribution in [0.25, 0.3) is 5.82 Å². The van der Waals surface area contributed by atoms with Crippen LogP contribution in [0.1, 0.15) is 23.0 Å². The quantitative estimate of drug-likeness (QED) is 0.652. The molecule has 0 bridgehead atoms. The molecule has 7 nitrogen and oxygen atoms in total. The van der Waals surface area contributed by atoms with Crippen molar-refractivity contribution in [3.63, 3.8) is 0 Å². The van der Waals surface area contributed by atoms with Crippen LogP contribution >= 0.6 is 11.6 Å². The molecule has 0 radical (unpaired) electrons. The fourth-order valence-electron chi connectivity index (χ4n) is 2.29. The molecule has 1 aromatic carbocycles. The summed E-state index contributed by atoms with van der Waals surface area (Å²) in [6.45, 7) is 1.81. The number of carbonyl (C=O) groups excluding carboxylic acids is 2. The van der Waals surface area contributed by atoms with Crippen LogP contribution in [0.2, 0.25) is 5.02 Å². The van der Waals surface area contributed by atoms with Crippen molar-refractivity contribution in [1.82, 2.24) is 20.1 Å². The van der Waals surface area contributed by atoms with Crippen LogP contribution in [0.4, 0.5) is 11.5 Å². The van der Waals surface area contributed by atoms with Crippen LogP contribution in [0.15, 0.2) is 48.7 Å². The normalized spacial score (nSPS) is 10.4. The average molecular weight is 370 g/mol. The van der Waals surface area contributed by atoms with Crippen LogP contribution in [0.3, 0.4) is 0 Å². The first-order valence-electron chi connectivity index (χ1n) is 7.83. The van der Waals surface area contributed by atoms with Gasteiger partial charge in [0.15, 0.2) is 12.1 Å². The predicted octanol–water partition coefficient (Wildman–Crippen LogP) is 3.11. The summed E-state index contributed by atoms with van der Waals surface area (Å²) in [5, 5.41) is 10.7. The molecule has 0 saturated carbocycles. The Kier molecular flexibility index (Phi) is 5.28. The van der Waals surface area contributed by atoms with Gasteiger partial charge in [0, 0.05) is 30.4 Å². The number of anilines is 2. The number of halogens is 1. The van der Waals surface area contributed by atoms with Gasteiger partial charge in [0.05, 0.1) is 0 Å². The fourth-order valence-corrected chi connectivity index (χ4v) is 2.42. The van der Waals surface area contributed by atoms with Crippen molar-refractivity contribution >= 4 is 35.3 Å². The fraction of sp³-hybridized carbons (Fsp3) is 0.111. The molecule has 26 heavy (non-hydrogen) atoms. The molecule has 1 amide bonds. The molecule has 0 spiro atoms. The van der Waals surface area contributed by atoms with Crippen molar-refractivity contribution in [2.75, 3.05) is 5.32 Å². The first kappa shape index (κ1) is 17.6. The number of rotatable bonds is 6. The minimum atomic E-state index is -0.127. The summed E-state index contributed by atoms with van der Waals surface area (Å²) in [6, 6.07) is 12.4. The van der Waals surface area contributed by atoms with E-state index in [4.69, 9.17) is 11.6 Å². The van der Waals surface area contributed by atoms with Crippen molar-refractivity contribution < 1.29 is 9.59 Å². The maximum absolute atomic E-state index is 11.2. The smallest absolute Gasteiger partial charge is 0.217 e. The summed E-state index contributed by atoms with van der Waals surface area (Å²) < 4.78 is 1.51. The number of hydrogen-bond acceptors (Lipinski definition) is 5. The van der Waals surface area contributed by atoms with Gasteiger partial charge >= 0.3 is 0 Å². The average Bonchev–Trinajstić information content (AvgIpc) is 3.11. The van der Waals surface area contributed by atoms with Gasteiger partial charge in [-0.1, -0.05) is 11.6 Å². The van der Waals surface area contributed by atoms with Gasteiger partial charge < -0.3 is 10.6 Å². The summed E-state index contributed by atoms with van der Waals surface area (Å²) in [6.07, 6.45) is 2.32. The lowest BCUT2D eigenvalue weighted by Crippen LogP contribution is -2.19. The second-order valence-corrected chi connectivity index (χ2v) is 6.00. The van der Waals surface area contributed by atoms with E-state index in [1.807, 2.05) is 18.2 Å². The Morgan fingerprint density at radius 3 is 2.65 bits per heavy atom. The maximum atomic E-state index is 11.2. The SMILES string of the molecule is CC(=O)NCc1cc(Nc2ccc(Cl)cc2)nc(-n2ccc(C=O)n2)c1. The van der Waals surface area contributed by atoms with E-state index < -0.39 is 0 Å². The Morgan fingerprint density at radius 1 is 1.23 bits per heavy atom. The summed E-state index contributed by atoms with van der Waals surface area (Å²) in [5.74, 6) is 0.976. The molecule has 0 atom stereocenters. The maximum Gasteiger partial charge on any atom is 0.217 e. The predicted molar refractivity (Wildman–Crippen MR) is 99.0 cm³/mol. The first-order chi connectivity index (χ1) is 12.5. The second kappa shape index (κ2) is 7.79. The molecule has 3 aromatic rings. The van der Waals surface area contributed by atoms with E-state index in [1.54, 1.807) is 30.5 Å². The molecule has 2 N–H and O–H groups in total. The minimum Gasteiger partial charge on any atom is -0.352 e. The van der Waals surface area contributed by atoms with Gasteiger partial charge in [-0.05, 0) is 48.0 Å². The van der Waals surface area contributed by atoms with Gasteiger partial charge in [0.25, 0.3) is 0 Å². The number of benzene rings is 1. The zero-order chi connectivity index (χ0) is 18.5. The van der Waals surface area contributed by atoms with E-state index in [1.165, 1.54) is 11.6 Å². The molecule has 0 saturated heterocycles. The molecule has 0 aliphatic carbocycles. The summed E-state index contributed by atoms with van der Waals surface area (Å²) in [5.41, 5.74) is 1.97. The third-order valence-corrected chi connectivity index (χ3v) is 3.75. The van der Waals surface area contributed by atoms with E-state index in [0.29, 0.717) is 35.2 Å². The van der Waals surface area contributed by atoms with E-state index >= 15 is 0 Å². The number of carbonyl (C=O) groups is 2. The third-order valence-electron chi connectivity index (χ3n) is 3.49. The summed E-state index contributed by atoms with van der Waals surface area (Å²) in [7, 11) is 0. The van der Waals surface area contributed by atoms with E-state index in [9.17, 15) is 9.59 Å². The lowest BCUT2D eigenvalue weighted by molar-refractivity contribution is -0.119. The van der Waals surface area contributed by atoms with Crippen molar-refractivity contribution in [3.8, 4) is 5.82 Å². The lowest BCUT2D eigenvalue weighted by atomic mass is 10.2. The molecule has 0 aliphatic heterocycles. The van der Waals surface area contributed by atoms with E-state index in [-0.39, 0.29) is 5.91 Å². The van der Waals surface area contributed by atoms with E-state index in [0.717, 1.165) is 11.3 Å². The Hall–Kier alpha value is -3.19. The van der Waals surface area contributed by atoms with E-state index in [2.05, 4.69) is 20.7 Å². The first-order valence-corrected chi connectivity index (χ1v) is 8.20. The molecule has 0 fully saturated rings. The molecule has 2 heterocycles. The summed E-state index contributed by atoms with van der Waals surface area (Å²) >= 11 is 5.91. The molecule has 2 aromatic heterocycles. The Balaban J connectivity index is 1.94. The zero-order valence-electron chi connectivity index (χ0n) is 13.9. The van der Waals surface area contributed by atoms with Gasteiger partial charge in [-0.2, -0.15) is 5.10 Å². The molecule has 3 rings (SSSR count). The molecule has 8 heteroatoms. The number of aldehydes is 1. The van der Waals surface area contributed by atoms with Crippen LogP contribution < -0.4 is 10.6 Å². The molecule has 0 unspecified atom stereocenters. The number of pyridine rings is 1. The molecule has 0 aliphatic rings. The highest BCUT2D eigenvalue weighted by Crippen LogP contribution is 2.20. The molecule has 132 valence electrons. The van der Waals surface area contributed by atoms with Crippen LogP contribution in [-0.4, -0.2) is 27.0 Å². The Morgan fingerprint density at radius 2 is 2.00 bits per heavy atom. The van der Waals surface area contributed by atoms with Crippen molar-refractivity contribution in [2.24, 2.45) is 0 Å². The number of hydrogen-bond donors (Lipinski definition) is 2. The van der Waals surface area contributed by atoms with Crippen LogP contribution in [-0.2, 0) is 11.3 Å².